The molecular formula is C24H28N2O2S. The third-order valence-corrected chi connectivity index (χ3v) is 5.57. The van der Waals surface area contributed by atoms with E-state index in [1.807, 2.05) is 53.4 Å². The van der Waals surface area contributed by atoms with Crippen molar-refractivity contribution in [1.29, 1.82) is 0 Å². The van der Waals surface area contributed by atoms with Crippen LogP contribution in [0.2, 0.25) is 0 Å². The summed E-state index contributed by atoms with van der Waals surface area (Å²) in [6, 6.07) is 15.4. The molecule has 152 valence electrons. The van der Waals surface area contributed by atoms with E-state index in [0.717, 1.165) is 23.5 Å². The molecule has 0 fully saturated rings. The van der Waals surface area contributed by atoms with Crippen LogP contribution in [0.5, 0.6) is 0 Å². The summed E-state index contributed by atoms with van der Waals surface area (Å²) in [5, 5.41) is 2.95. The van der Waals surface area contributed by atoms with Crippen LogP contribution >= 0.6 is 11.8 Å². The quantitative estimate of drug-likeness (QED) is 0.640. The molecule has 0 bridgehead atoms. The molecule has 1 heterocycles. The standard InChI is InChI=1S/C24H28N2O2S/c1-16(2)14-26(15-17(3)4)24(28)19-10-11-21-20(13-19)25-23(27)22(29-21)12-18-8-6-5-7-9-18/h5-13,16-17H,14-15H2,1-4H3,(H,25,27). The number of amides is 2. The normalized spacial score (nSPS) is 14.8. The molecule has 1 N–H and O–H groups in total. The van der Waals surface area contributed by atoms with Crippen LogP contribution in [0, 0.1) is 11.8 Å². The fraction of sp³-hybridized carbons (Fsp3) is 0.333. The summed E-state index contributed by atoms with van der Waals surface area (Å²) in [5.74, 6) is 0.671. The molecule has 0 radical (unpaired) electrons. The van der Waals surface area contributed by atoms with Gasteiger partial charge in [0.05, 0.1) is 10.6 Å². The van der Waals surface area contributed by atoms with Crippen LogP contribution in [-0.2, 0) is 4.79 Å². The molecule has 0 saturated heterocycles. The third kappa shape index (κ3) is 5.51. The van der Waals surface area contributed by atoms with Gasteiger partial charge >= 0.3 is 0 Å². The number of carbonyl (C=O) groups excluding carboxylic acids is 2. The SMILES string of the molecule is CC(C)CN(CC(C)C)C(=O)c1ccc2c(c1)NC(=O)C(=Cc1ccccc1)S2. The lowest BCUT2D eigenvalue weighted by Crippen LogP contribution is -2.37. The van der Waals surface area contributed by atoms with E-state index in [4.69, 9.17) is 0 Å². The first-order valence-electron chi connectivity index (χ1n) is 10.0. The lowest BCUT2D eigenvalue weighted by molar-refractivity contribution is -0.112. The highest BCUT2D eigenvalue weighted by Gasteiger charge is 2.24. The number of benzene rings is 2. The van der Waals surface area contributed by atoms with E-state index in [9.17, 15) is 9.59 Å². The average molecular weight is 409 g/mol. The fourth-order valence-corrected chi connectivity index (χ4v) is 4.23. The summed E-state index contributed by atoms with van der Waals surface area (Å²) >= 11 is 1.43. The minimum absolute atomic E-state index is 0.0140. The monoisotopic (exact) mass is 408 g/mol. The lowest BCUT2D eigenvalue weighted by atomic mass is 10.1. The predicted octanol–water partition coefficient (Wildman–Crippen LogP) is 5.53. The Morgan fingerprint density at radius 1 is 1.03 bits per heavy atom. The second-order valence-electron chi connectivity index (χ2n) is 8.18. The molecule has 5 heteroatoms. The van der Waals surface area contributed by atoms with Gasteiger partial charge in [-0.2, -0.15) is 0 Å². The number of hydrogen-bond acceptors (Lipinski definition) is 3. The van der Waals surface area contributed by atoms with Crippen LogP contribution in [0.1, 0.15) is 43.6 Å². The molecule has 29 heavy (non-hydrogen) atoms. The number of nitrogens with one attached hydrogen (secondary N) is 1. The smallest absolute Gasteiger partial charge is 0.262 e. The van der Waals surface area contributed by atoms with Gasteiger partial charge in [-0.05, 0) is 41.7 Å². The molecular weight excluding hydrogens is 380 g/mol. The Morgan fingerprint density at radius 2 is 1.69 bits per heavy atom. The van der Waals surface area contributed by atoms with Crippen LogP contribution in [0.15, 0.2) is 58.3 Å². The van der Waals surface area contributed by atoms with Gasteiger partial charge < -0.3 is 10.2 Å². The molecule has 0 unspecified atom stereocenters. The number of hydrogen-bond donors (Lipinski definition) is 1. The van der Waals surface area contributed by atoms with E-state index in [1.165, 1.54) is 11.8 Å². The summed E-state index contributed by atoms with van der Waals surface area (Å²) < 4.78 is 0. The third-order valence-electron chi connectivity index (χ3n) is 4.47. The van der Waals surface area contributed by atoms with Crippen LogP contribution in [0.4, 0.5) is 5.69 Å². The van der Waals surface area contributed by atoms with Crippen molar-refractivity contribution in [3.05, 3.63) is 64.6 Å². The Morgan fingerprint density at radius 3 is 2.31 bits per heavy atom. The molecule has 0 spiro atoms. The van der Waals surface area contributed by atoms with Gasteiger partial charge in [0.2, 0.25) is 0 Å². The van der Waals surface area contributed by atoms with E-state index in [-0.39, 0.29) is 11.8 Å². The van der Waals surface area contributed by atoms with E-state index >= 15 is 0 Å². The Hall–Kier alpha value is -2.53. The van der Waals surface area contributed by atoms with Gasteiger partial charge in [-0.3, -0.25) is 9.59 Å². The number of fused-ring (bicyclic) bond motifs is 1. The maximum absolute atomic E-state index is 13.1. The highest BCUT2D eigenvalue weighted by atomic mass is 32.2. The number of thioether (sulfide) groups is 1. The Bertz CT molecular complexity index is 910. The van der Waals surface area contributed by atoms with Crippen molar-refractivity contribution in [3.8, 4) is 0 Å². The van der Waals surface area contributed by atoms with Gasteiger partial charge in [-0.15, -0.1) is 0 Å². The second kappa shape index (κ2) is 9.31. The maximum Gasteiger partial charge on any atom is 0.262 e. The summed E-state index contributed by atoms with van der Waals surface area (Å²) in [5.41, 5.74) is 2.30. The molecule has 2 amide bonds. The van der Waals surface area contributed by atoms with Gasteiger partial charge in [-0.1, -0.05) is 69.8 Å². The number of anilines is 1. The van der Waals surface area contributed by atoms with Crippen molar-refractivity contribution in [1.82, 2.24) is 4.90 Å². The Labute approximate surface area is 177 Å². The number of carbonyl (C=O) groups is 2. The largest absolute Gasteiger partial charge is 0.338 e. The molecule has 3 rings (SSSR count). The highest BCUT2D eigenvalue weighted by molar-refractivity contribution is 8.04. The highest BCUT2D eigenvalue weighted by Crippen LogP contribution is 2.39. The molecule has 1 aliphatic heterocycles. The van der Waals surface area contributed by atoms with Gasteiger partial charge in [0.1, 0.15) is 0 Å². The predicted molar refractivity (Wildman–Crippen MR) is 121 cm³/mol. The van der Waals surface area contributed by atoms with Crippen LogP contribution in [0.3, 0.4) is 0 Å². The van der Waals surface area contributed by atoms with Crippen LogP contribution in [0.25, 0.3) is 6.08 Å². The summed E-state index contributed by atoms with van der Waals surface area (Å²) in [6.45, 7) is 9.91. The Kier molecular flexibility index (Phi) is 6.80. The molecule has 0 aromatic heterocycles. The molecule has 0 aliphatic carbocycles. The van der Waals surface area contributed by atoms with Gasteiger partial charge in [-0.25, -0.2) is 0 Å². The molecule has 0 saturated carbocycles. The zero-order chi connectivity index (χ0) is 21.0. The molecule has 1 aliphatic rings. The van der Waals surface area contributed by atoms with Gasteiger partial charge in [0.25, 0.3) is 11.8 Å². The van der Waals surface area contributed by atoms with E-state index in [2.05, 4.69) is 33.0 Å². The van der Waals surface area contributed by atoms with E-state index in [1.54, 1.807) is 6.07 Å². The molecule has 0 atom stereocenters. The first-order chi connectivity index (χ1) is 13.8. The minimum Gasteiger partial charge on any atom is -0.338 e. The summed E-state index contributed by atoms with van der Waals surface area (Å²) in [6.07, 6.45) is 1.88. The summed E-state index contributed by atoms with van der Waals surface area (Å²) in [7, 11) is 0. The topological polar surface area (TPSA) is 49.4 Å². The van der Waals surface area contributed by atoms with Crippen molar-refractivity contribution >= 4 is 35.3 Å². The fourth-order valence-electron chi connectivity index (χ4n) is 3.30. The molecule has 4 nitrogen and oxygen atoms in total. The van der Waals surface area contributed by atoms with Crippen molar-refractivity contribution in [2.45, 2.75) is 32.6 Å². The van der Waals surface area contributed by atoms with E-state index < -0.39 is 0 Å². The first-order valence-corrected chi connectivity index (χ1v) is 10.8. The van der Waals surface area contributed by atoms with Crippen LogP contribution < -0.4 is 5.32 Å². The maximum atomic E-state index is 13.1. The van der Waals surface area contributed by atoms with Crippen molar-refractivity contribution in [3.63, 3.8) is 0 Å². The van der Waals surface area contributed by atoms with Gasteiger partial charge in [0.15, 0.2) is 0 Å². The average Bonchev–Trinajstić information content (AvgIpc) is 2.67. The molecule has 2 aromatic rings. The second-order valence-corrected chi connectivity index (χ2v) is 9.27. The molecule has 2 aromatic carbocycles. The number of rotatable bonds is 6. The zero-order valence-corrected chi connectivity index (χ0v) is 18.3. The van der Waals surface area contributed by atoms with Gasteiger partial charge in [0, 0.05) is 23.5 Å². The van der Waals surface area contributed by atoms with Crippen molar-refractivity contribution in [2.24, 2.45) is 11.8 Å². The van der Waals surface area contributed by atoms with Crippen molar-refractivity contribution in [2.75, 3.05) is 18.4 Å². The minimum atomic E-state index is -0.142. The van der Waals surface area contributed by atoms with E-state index in [0.29, 0.717) is 28.0 Å². The Balaban J connectivity index is 1.83. The van der Waals surface area contributed by atoms with Crippen LogP contribution in [-0.4, -0.2) is 29.8 Å². The van der Waals surface area contributed by atoms with Crippen molar-refractivity contribution < 1.29 is 9.59 Å². The first kappa shape index (κ1) is 21.2. The lowest BCUT2D eigenvalue weighted by Gasteiger charge is -2.27. The number of nitrogens with zero attached hydrogens (tertiary/aromatic N) is 1. The summed E-state index contributed by atoms with van der Waals surface area (Å²) in [4.78, 5) is 29.2. The zero-order valence-electron chi connectivity index (χ0n) is 17.4.